The summed E-state index contributed by atoms with van der Waals surface area (Å²) in [6.45, 7) is 4.17. The predicted octanol–water partition coefficient (Wildman–Crippen LogP) is 3.54. The van der Waals surface area contributed by atoms with Gasteiger partial charge in [-0.15, -0.1) is 0 Å². The molecule has 0 saturated heterocycles. The molecule has 0 bridgehead atoms. The molecule has 0 saturated carbocycles. The molecule has 0 heterocycles. The van der Waals surface area contributed by atoms with Gasteiger partial charge in [0.15, 0.2) is 11.7 Å². The zero-order valence-electron chi connectivity index (χ0n) is 19.1. The number of halogens is 1. The average molecular weight is 550 g/mol. The van der Waals surface area contributed by atoms with E-state index >= 15 is 0 Å². The molecule has 2 aromatic rings. The van der Waals surface area contributed by atoms with E-state index in [-0.39, 0.29) is 31.2 Å². The van der Waals surface area contributed by atoms with Gasteiger partial charge >= 0.3 is 5.97 Å². The molecule has 8 nitrogen and oxygen atoms in total. The fourth-order valence-corrected chi connectivity index (χ4v) is 3.41. The maximum atomic E-state index is 12.0. The van der Waals surface area contributed by atoms with Crippen LogP contribution in [-0.4, -0.2) is 36.1 Å². The molecule has 0 fully saturated rings. The van der Waals surface area contributed by atoms with Crippen LogP contribution < -0.4 is 20.9 Å². The molecule has 0 radical (unpaired) electrons. The summed E-state index contributed by atoms with van der Waals surface area (Å²) in [6.07, 6.45) is 0.438. The van der Waals surface area contributed by atoms with E-state index in [1.54, 1.807) is 6.07 Å². The first-order chi connectivity index (χ1) is 16.2. The molecule has 0 spiro atoms. The second-order valence-electron chi connectivity index (χ2n) is 7.64. The highest BCUT2D eigenvalue weighted by molar-refractivity contribution is 9.10. The summed E-state index contributed by atoms with van der Waals surface area (Å²) in [5.74, 6) is -0.524. The van der Waals surface area contributed by atoms with Gasteiger partial charge in [0, 0.05) is 12.8 Å². The van der Waals surface area contributed by atoms with Crippen LogP contribution in [0.3, 0.4) is 0 Å². The Hall–Kier alpha value is -2.98. The van der Waals surface area contributed by atoms with Crippen molar-refractivity contribution in [1.29, 1.82) is 0 Å². The number of esters is 1. The topological polar surface area (TPSA) is 106 Å². The van der Waals surface area contributed by atoms with Gasteiger partial charge in [0.1, 0.15) is 5.75 Å². The molecule has 2 rings (SSSR count). The number of hydrogen-bond donors (Lipinski definition) is 3. The Bertz CT molecular complexity index is 1000. The number of benzene rings is 2. The number of ether oxygens (including phenoxy) is 2. The molecule has 0 aliphatic heterocycles. The highest BCUT2D eigenvalue weighted by Gasteiger charge is 2.11. The molecule has 2 amide bonds. The van der Waals surface area contributed by atoms with E-state index in [4.69, 9.17) is 21.7 Å². The Balaban J connectivity index is 1.59. The molecular formula is C24H28BrN3O5S. The van der Waals surface area contributed by atoms with Gasteiger partial charge in [-0.2, -0.15) is 0 Å². The van der Waals surface area contributed by atoms with Crippen LogP contribution in [0.15, 0.2) is 53.0 Å². The summed E-state index contributed by atoms with van der Waals surface area (Å²) >= 11 is 8.40. The van der Waals surface area contributed by atoms with Crippen LogP contribution in [0.25, 0.3) is 0 Å². The second kappa shape index (κ2) is 14.3. The minimum Gasteiger partial charge on any atom is -0.483 e. The predicted molar refractivity (Wildman–Crippen MR) is 136 cm³/mol. The SMILES string of the molecule is CC(C)c1ccc(OCC(=O)NNC(=S)NC(=O)CCC(=O)OCCc2ccccc2)c(Br)c1. The molecule has 0 aliphatic rings. The third-order valence-corrected chi connectivity index (χ3v) is 5.43. The van der Waals surface area contributed by atoms with Crippen molar-refractivity contribution < 1.29 is 23.9 Å². The summed E-state index contributed by atoms with van der Waals surface area (Å²) in [5, 5.41) is 2.28. The Morgan fingerprint density at radius 3 is 2.41 bits per heavy atom. The number of carbonyl (C=O) groups is 3. The van der Waals surface area contributed by atoms with E-state index < -0.39 is 17.8 Å². The highest BCUT2D eigenvalue weighted by Crippen LogP contribution is 2.28. The third-order valence-electron chi connectivity index (χ3n) is 4.60. The van der Waals surface area contributed by atoms with Gasteiger partial charge in [-0.25, -0.2) is 0 Å². The van der Waals surface area contributed by atoms with Crippen molar-refractivity contribution in [1.82, 2.24) is 16.2 Å². The Morgan fingerprint density at radius 2 is 1.74 bits per heavy atom. The van der Waals surface area contributed by atoms with Crippen molar-refractivity contribution in [3.63, 3.8) is 0 Å². The van der Waals surface area contributed by atoms with Gasteiger partial charge < -0.3 is 14.8 Å². The average Bonchev–Trinajstić information content (AvgIpc) is 2.81. The zero-order valence-corrected chi connectivity index (χ0v) is 21.5. The maximum Gasteiger partial charge on any atom is 0.306 e. The van der Waals surface area contributed by atoms with Crippen molar-refractivity contribution >= 4 is 51.0 Å². The normalized spacial score (nSPS) is 10.4. The number of thiocarbonyl (C=S) groups is 1. The second-order valence-corrected chi connectivity index (χ2v) is 8.90. The van der Waals surface area contributed by atoms with Gasteiger partial charge in [0.2, 0.25) is 5.91 Å². The van der Waals surface area contributed by atoms with Crippen molar-refractivity contribution in [2.45, 2.75) is 39.0 Å². The standard InChI is InChI=1S/C24H28BrN3O5S/c1-16(2)18-8-9-20(19(25)14-18)33-15-22(30)27-28-24(34)26-21(29)10-11-23(31)32-13-12-17-6-4-3-5-7-17/h3-9,14,16H,10-13,15H2,1-2H3,(H,27,30)(H2,26,28,29,34). The van der Waals surface area contributed by atoms with E-state index in [1.807, 2.05) is 42.5 Å². The van der Waals surface area contributed by atoms with E-state index in [0.717, 1.165) is 15.6 Å². The summed E-state index contributed by atoms with van der Waals surface area (Å²) in [5.41, 5.74) is 6.97. The fraction of sp³-hybridized carbons (Fsp3) is 0.333. The van der Waals surface area contributed by atoms with Crippen LogP contribution in [0.1, 0.15) is 43.7 Å². The van der Waals surface area contributed by atoms with Crippen LogP contribution in [0.4, 0.5) is 0 Å². The van der Waals surface area contributed by atoms with Gasteiger partial charge in [-0.3, -0.25) is 25.2 Å². The molecule has 0 aliphatic carbocycles. The van der Waals surface area contributed by atoms with Crippen LogP contribution in [0.2, 0.25) is 0 Å². The number of hydrogen-bond acceptors (Lipinski definition) is 6. The zero-order chi connectivity index (χ0) is 24.9. The van der Waals surface area contributed by atoms with Crippen LogP contribution in [0.5, 0.6) is 5.75 Å². The number of rotatable bonds is 10. The van der Waals surface area contributed by atoms with Crippen molar-refractivity contribution in [3.8, 4) is 5.75 Å². The maximum absolute atomic E-state index is 12.0. The first-order valence-corrected chi connectivity index (χ1v) is 11.9. The fourth-order valence-electron chi connectivity index (χ4n) is 2.73. The van der Waals surface area contributed by atoms with Gasteiger partial charge in [-0.1, -0.05) is 50.2 Å². The van der Waals surface area contributed by atoms with Crippen molar-refractivity contribution in [2.24, 2.45) is 0 Å². The minimum absolute atomic E-state index is 0.0755. The molecule has 2 aromatic carbocycles. The quantitative estimate of drug-likeness (QED) is 0.236. The Labute approximate surface area is 212 Å². The van der Waals surface area contributed by atoms with Crippen LogP contribution in [-0.2, 0) is 25.5 Å². The van der Waals surface area contributed by atoms with E-state index in [2.05, 4.69) is 45.9 Å². The molecule has 0 unspecified atom stereocenters. The van der Waals surface area contributed by atoms with Crippen LogP contribution in [0, 0.1) is 0 Å². The van der Waals surface area contributed by atoms with E-state index in [9.17, 15) is 14.4 Å². The lowest BCUT2D eigenvalue weighted by Crippen LogP contribution is -2.49. The van der Waals surface area contributed by atoms with Gasteiger partial charge in [0.05, 0.1) is 17.5 Å². The van der Waals surface area contributed by atoms with Crippen molar-refractivity contribution in [2.75, 3.05) is 13.2 Å². The monoisotopic (exact) mass is 549 g/mol. The Morgan fingerprint density at radius 1 is 1.00 bits per heavy atom. The summed E-state index contributed by atoms with van der Waals surface area (Å²) in [7, 11) is 0. The lowest BCUT2D eigenvalue weighted by Gasteiger charge is -2.13. The Kier molecular flexibility index (Phi) is 11.5. The number of carbonyl (C=O) groups excluding carboxylic acids is 3. The largest absolute Gasteiger partial charge is 0.483 e. The summed E-state index contributed by atoms with van der Waals surface area (Å²) < 4.78 is 11.4. The number of nitrogens with one attached hydrogen (secondary N) is 3. The molecule has 10 heteroatoms. The van der Waals surface area contributed by atoms with Crippen LogP contribution >= 0.6 is 28.1 Å². The number of hydrazine groups is 1. The van der Waals surface area contributed by atoms with Gasteiger partial charge in [-0.05, 0) is 57.3 Å². The van der Waals surface area contributed by atoms with Crippen molar-refractivity contribution in [3.05, 3.63) is 64.1 Å². The summed E-state index contributed by atoms with van der Waals surface area (Å²) in [6, 6.07) is 15.3. The molecular weight excluding hydrogens is 522 g/mol. The highest BCUT2D eigenvalue weighted by atomic mass is 79.9. The molecule has 0 aromatic heterocycles. The first kappa shape index (κ1) is 27.3. The first-order valence-electron chi connectivity index (χ1n) is 10.7. The molecule has 3 N–H and O–H groups in total. The molecule has 182 valence electrons. The smallest absolute Gasteiger partial charge is 0.306 e. The lowest BCUT2D eigenvalue weighted by molar-refractivity contribution is -0.144. The molecule has 0 atom stereocenters. The van der Waals surface area contributed by atoms with Gasteiger partial charge in [0.25, 0.3) is 5.91 Å². The van der Waals surface area contributed by atoms with E-state index in [0.29, 0.717) is 18.1 Å². The molecule has 34 heavy (non-hydrogen) atoms. The van der Waals surface area contributed by atoms with E-state index in [1.165, 1.54) is 0 Å². The lowest BCUT2D eigenvalue weighted by atomic mass is 10.0. The summed E-state index contributed by atoms with van der Waals surface area (Å²) in [4.78, 5) is 35.7. The minimum atomic E-state index is -0.488. The number of amides is 2. The third kappa shape index (κ3) is 10.3.